The molecule has 0 aromatic heterocycles. The molecule has 0 saturated carbocycles. The van der Waals surface area contributed by atoms with Gasteiger partial charge in [-0.2, -0.15) is 0 Å². The summed E-state index contributed by atoms with van der Waals surface area (Å²) in [5.74, 6) is 0.707. The van der Waals surface area contributed by atoms with Crippen LogP contribution in [0.25, 0.3) is 0 Å². The number of likely N-dealkylation sites (tertiary alicyclic amines) is 1. The second kappa shape index (κ2) is 4.40. The van der Waals surface area contributed by atoms with Crippen LogP contribution in [0.4, 0.5) is 0 Å². The minimum atomic E-state index is 0.330. The highest BCUT2D eigenvalue weighted by atomic mass is 16.5. The van der Waals surface area contributed by atoms with Gasteiger partial charge in [0.1, 0.15) is 6.23 Å². The maximum atomic E-state index is 5.73. The lowest BCUT2D eigenvalue weighted by atomic mass is 9.96. The molecule has 0 bridgehead atoms. The van der Waals surface area contributed by atoms with Gasteiger partial charge in [0.2, 0.25) is 0 Å². The van der Waals surface area contributed by atoms with Crippen molar-refractivity contribution in [2.24, 2.45) is 5.92 Å². The topological polar surface area (TPSA) is 24.5 Å². The first-order chi connectivity index (χ1) is 6.36. The van der Waals surface area contributed by atoms with Gasteiger partial charge in [-0.15, -0.1) is 0 Å². The van der Waals surface area contributed by atoms with Crippen molar-refractivity contribution in [3.8, 4) is 0 Å². The molecule has 0 aliphatic carbocycles. The largest absolute Gasteiger partial charge is 0.363 e. The molecule has 0 spiro atoms. The zero-order valence-electron chi connectivity index (χ0n) is 8.46. The Kier molecular flexibility index (Phi) is 3.19. The van der Waals surface area contributed by atoms with E-state index in [4.69, 9.17) is 4.74 Å². The molecular weight excluding hydrogens is 164 g/mol. The molecule has 0 aromatic rings. The van der Waals surface area contributed by atoms with Crippen LogP contribution < -0.4 is 5.32 Å². The molecule has 13 heavy (non-hydrogen) atoms. The van der Waals surface area contributed by atoms with E-state index in [2.05, 4.69) is 17.3 Å². The standard InChI is InChI=1S/C10H20N2O/c1-12-6-2-4-9(8-12)10-11-5-3-7-13-10/h9-11H,2-8H2,1H3. The molecule has 2 aliphatic rings. The highest BCUT2D eigenvalue weighted by Crippen LogP contribution is 2.20. The van der Waals surface area contributed by atoms with Gasteiger partial charge in [0.25, 0.3) is 0 Å². The van der Waals surface area contributed by atoms with E-state index in [0.29, 0.717) is 12.1 Å². The molecule has 2 atom stereocenters. The summed E-state index contributed by atoms with van der Waals surface area (Å²) in [6, 6.07) is 0. The summed E-state index contributed by atoms with van der Waals surface area (Å²) in [6.07, 6.45) is 4.14. The number of ether oxygens (including phenoxy) is 1. The van der Waals surface area contributed by atoms with E-state index < -0.39 is 0 Å². The second-order valence-electron chi connectivity index (χ2n) is 4.26. The predicted octanol–water partition coefficient (Wildman–Crippen LogP) is 0.664. The van der Waals surface area contributed by atoms with E-state index in [0.717, 1.165) is 13.2 Å². The van der Waals surface area contributed by atoms with Crippen molar-refractivity contribution in [1.82, 2.24) is 10.2 Å². The van der Waals surface area contributed by atoms with E-state index in [1.165, 1.54) is 32.4 Å². The summed E-state index contributed by atoms with van der Waals surface area (Å²) in [5, 5.41) is 3.46. The molecule has 76 valence electrons. The molecule has 0 aromatic carbocycles. The van der Waals surface area contributed by atoms with Crippen molar-refractivity contribution in [2.75, 3.05) is 33.3 Å². The first-order valence-electron chi connectivity index (χ1n) is 5.40. The molecule has 2 rings (SSSR count). The van der Waals surface area contributed by atoms with Crippen LogP contribution in [-0.2, 0) is 4.74 Å². The zero-order valence-corrected chi connectivity index (χ0v) is 8.46. The molecule has 2 saturated heterocycles. The van der Waals surface area contributed by atoms with Crippen molar-refractivity contribution in [1.29, 1.82) is 0 Å². The highest BCUT2D eigenvalue weighted by molar-refractivity contribution is 4.78. The van der Waals surface area contributed by atoms with Gasteiger partial charge in [-0.1, -0.05) is 0 Å². The zero-order chi connectivity index (χ0) is 9.10. The fourth-order valence-electron chi connectivity index (χ4n) is 2.34. The van der Waals surface area contributed by atoms with Crippen molar-refractivity contribution in [3.05, 3.63) is 0 Å². The first kappa shape index (κ1) is 9.44. The molecule has 0 radical (unpaired) electrons. The van der Waals surface area contributed by atoms with Gasteiger partial charge >= 0.3 is 0 Å². The van der Waals surface area contributed by atoms with E-state index in [1.54, 1.807) is 0 Å². The van der Waals surface area contributed by atoms with Crippen LogP contribution in [-0.4, -0.2) is 44.4 Å². The fourth-order valence-corrected chi connectivity index (χ4v) is 2.34. The Morgan fingerprint density at radius 1 is 1.38 bits per heavy atom. The molecule has 2 unspecified atom stereocenters. The van der Waals surface area contributed by atoms with Gasteiger partial charge in [0.15, 0.2) is 0 Å². The average Bonchev–Trinajstić information content (AvgIpc) is 2.19. The number of rotatable bonds is 1. The van der Waals surface area contributed by atoms with E-state index in [1.807, 2.05) is 0 Å². The van der Waals surface area contributed by atoms with Crippen molar-refractivity contribution in [3.63, 3.8) is 0 Å². The van der Waals surface area contributed by atoms with Crippen LogP contribution in [0.15, 0.2) is 0 Å². The average molecular weight is 184 g/mol. The van der Waals surface area contributed by atoms with Crippen molar-refractivity contribution < 1.29 is 4.74 Å². The Morgan fingerprint density at radius 3 is 3.00 bits per heavy atom. The Bertz CT molecular complexity index is 157. The van der Waals surface area contributed by atoms with Crippen LogP contribution in [0.3, 0.4) is 0 Å². The number of hydrogen-bond acceptors (Lipinski definition) is 3. The monoisotopic (exact) mass is 184 g/mol. The van der Waals surface area contributed by atoms with E-state index in [-0.39, 0.29) is 0 Å². The third kappa shape index (κ3) is 2.42. The lowest BCUT2D eigenvalue weighted by molar-refractivity contribution is -0.0522. The Balaban J connectivity index is 1.83. The molecule has 0 amide bonds. The van der Waals surface area contributed by atoms with Gasteiger partial charge in [-0.3, -0.25) is 5.32 Å². The number of hydrogen-bond donors (Lipinski definition) is 1. The van der Waals surface area contributed by atoms with Crippen molar-refractivity contribution >= 4 is 0 Å². The summed E-state index contributed by atoms with van der Waals surface area (Å²) in [6.45, 7) is 4.52. The van der Waals surface area contributed by atoms with Gasteiger partial charge < -0.3 is 9.64 Å². The SMILES string of the molecule is CN1CCCC(C2NCCCO2)C1. The van der Waals surface area contributed by atoms with Crippen LogP contribution >= 0.6 is 0 Å². The Morgan fingerprint density at radius 2 is 2.31 bits per heavy atom. The minimum Gasteiger partial charge on any atom is -0.363 e. The quantitative estimate of drug-likeness (QED) is 0.648. The number of piperidine rings is 1. The molecular formula is C10H20N2O. The van der Waals surface area contributed by atoms with Crippen LogP contribution in [0.2, 0.25) is 0 Å². The first-order valence-corrected chi connectivity index (χ1v) is 5.40. The van der Waals surface area contributed by atoms with Crippen molar-refractivity contribution in [2.45, 2.75) is 25.5 Å². The number of nitrogens with one attached hydrogen (secondary N) is 1. The van der Waals surface area contributed by atoms with Gasteiger partial charge in [0.05, 0.1) is 0 Å². The molecule has 3 nitrogen and oxygen atoms in total. The summed E-state index contributed by atoms with van der Waals surface area (Å²) < 4.78 is 5.73. The van der Waals surface area contributed by atoms with Crippen LogP contribution in [0, 0.1) is 5.92 Å². The molecule has 2 heterocycles. The van der Waals surface area contributed by atoms with Crippen LogP contribution in [0.1, 0.15) is 19.3 Å². The van der Waals surface area contributed by atoms with Crippen LogP contribution in [0.5, 0.6) is 0 Å². The second-order valence-corrected chi connectivity index (χ2v) is 4.26. The predicted molar refractivity (Wildman–Crippen MR) is 52.6 cm³/mol. The third-order valence-electron chi connectivity index (χ3n) is 3.05. The molecule has 3 heteroatoms. The van der Waals surface area contributed by atoms with Gasteiger partial charge in [0, 0.05) is 19.1 Å². The summed E-state index contributed by atoms with van der Waals surface area (Å²) in [7, 11) is 2.20. The molecule has 2 aliphatic heterocycles. The molecule has 2 fully saturated rings. The van der Waals surface area contributed by atoms with E-state index >= 15 is 0 Å². The lowest BCUT2D eigenvalue weighted by Crippen LogP contribution is -2.48. The lowest BCUT2D eigenvalue weighted by Gasteiger charge is -2.37. The summed E-state index contributed by atoms with van der Waals surface area (Å²) in [5.41, 5.74) is 0. The Hall–Kier alpha value is -0.120. The minimum absolute atomic E-state index is 0.330. The van der Waals surface area contributed by atoms with Gasteiger partial charge in [-0.25, -0.2) is 0 Å². The highest BCUT2D eigenvalue weighted by Gasteiger charge is 2.27. The normalized spacial score (nSPS) is 37.6. The fraction of sp³-hybridized carbons (Fsp3) is 1.00. The molecule has 1 N–H and O–H groups in total. The maximum absolute atomic E-state index is 5.73. The Labute approximate surface area is 80.4 Å². The third-order valence-corrected chi connectivity index (χ3v) is 3.05. The smallest absolute Gasteiger partial charge is 0.112 e. The van der Waals surface area contributed by atoms with Gasteiger partial charge in [-0.05, 0) is 39.4 Å². The number of nitrogens with zero attached hydrogens (tertiary/aromatic N) is 1. The summed E-state index contributed by atoms with van der Waals surface area (Å²) >= 11 is 0. The van der Waals surface area contributed by atoms with E-state index in [9.17, 15) is 0 Å². The maximum Gasteiger partial charge on any atom is 0.112 e. The summed E-state index contributed by atoms with van der Waals surface area (Å²) in [4.78, 5) is 2.41.